The van der Waals surface area contributed by atoms with Crippen LogP contribution in [0.1, 0.15) is 32.4 Å². The van der Waals surface area contributed by atoms with Crippen LogP contribution in [0.3, 0.4) is 0 Å². The Bertz CT molecular complexity index is 1190. The lowest BCUT2D eigenvalue weighted by atomic mass is 10.2. The van der Waals surface area contributed by atoms with Gasteiger partial charge in [-0.2, -0.15) is 0 Å². The fourth-order valence-electron chi connectivity index (χ4n) is 3.38. The summed E-state index contributed by atoms with van der Waals surface area (Å²) >= 11 is 1.11. The number of benzene rings is 1. The second-order valence-corrected chi connectivity index (χ2v) is 8.55. The monoisotopic (exact) mass is 495 g/mol. The Kier molecular flexibility index (Phi) is 6.46. The van der Waals surface area contributed by atoms with Gasteiger partial charge in [-0.15, -0.1) is 13.2 Å². The molecule has 3 aromatic rings. The summed E-state index contributed by atoms with van der Waals surface area (Å²) in [5.74, 6) is -0.0110. The van der Waals surface area contributed by atoms with Gasteiger partial charge >= 0.3 is 12.4 Å². The molecule has 1 aromatic carbocycles. The number of ether oxygens (including phenoxy) is 1. The van der Waals surface area contributed by atoms with Crippen LogP contribution < -0.4 is 15.0 Å². The highest BCUT2D eigenvalue weighted by Gasteiger charge is 2.33. The first-order valence-electron chi connectivity index (χ1n) is 10.2. The molecule has 1 saturated heterocycles. The Hall–Kier alpha value is -3.61. The first kappa shape index (κ1) is 23.5. The van der Waals surface area contributed by atoms with Crippen molar-refractivity contribution in [3.05, 3.63) is 57.9 Å². The van der Waals surface area contributed by atoms with E-state index in [-0.39, 0.29) is 30.8 Å². The van der Waals surface area contributed by atoms with Gasteiger partial charge in [0, 0.05) is 25.7 Å². The molecule has 0 radical (unpaired) electrons. The third kappa shape index (κ3) is 5.47. The Morgan fingerprint density at radius 3 is 2.62 bits per heavy atom. The van der Waals surface area contributed by atoms with E-state index in [2.05, 4.69) is 20.2 Å². The van der Waals surface area contributed by atoms with E-state index in [0.29, 0.717) is 45.8 Å². The number of alkyl halides is 3. The first-order valence-corrected chi connectivity index (χ1v) is 11.0. The minimum atomic E-state index is -4.76. The first-order chi connectivity index (χ1) is 16.1. The molecule has 4 rings (SSSR count). The van der Waals surface area contributed by atoms with Crippen LogP contribution in [-0.2, 0) is 13.1 Å². The van der Waals surface area contributed by atoms with E-state index in [1.54, 1.807) is 24.8 Å². The third-order valence-corrected chi connectivity index (χ3v) is 6.13. The molecule has 9 nitrogen and oxygen atoms in total. The van der Waals surface area contributed by atoms with Gasteiger partial charge < -0.3 is 19.5 Å². The van der Waals surface area contributed by atoms with Crippen LogP contribution in [0, 0.1) is 13.8 Å². The summed E-state index contributed by atoms with van der Waals surface area (Å²) in [6, 6.07) is 6.79. The van der Waals surface area contributed by atoms with Gasteiger partial charge in [-0.1, -0.05) is 28.6 Å². The maximum atomic E-state index is 12.9. The number of urea groups is 1. The van der Waals surface area contributed by atoms with Gasteiger partial charge in [-0.3, -0.25) is 9.69 Å². The maximum absolute atomic E-state index is 12.9. The SMILES string of the molecule is Cc1cc(CNC(=O)c2sc(N3CCN(Cc4ccc(OC(F)(F)F)cc4)C3=O)nc2C)no1. The molecule has 0 aliphatic carbocycles. The van der Waals surface area contributed by atoms with Gasteiger partial charge in [0.25, 0.3) is 5.91 Å². The Morgan fingerprint density at radius 2 is 1.97 bits per heavy atom. The van der Waals surface area contributed by atoms with E-state index < -0.39 is 6.36 Å². The number of anilines is 1. The van der Waals surface area contributed by atoms with Gasteiger partial charge in [-0.05, 0) is 31.5 Å². The van der Waals surface area contributed by atoms with Crippen LogP contribution in [0.4, 0.5) is 23.1 Å². The zero-order chi connectivity index (χ0) is 24.5. The fourth-order valence-corrected chi connectivity index (χ4v) is 4.39. The normalized spacial score (nSPS) is 14.1. The average Bonchev–Trinajstić information content (AvgIpc) is 3.46. The number of nitrogens with zero attached hydrogens (tertiary/aromatic N) is 4. The van der Waals surface area contributed by atoms with E-state index in [9.17, 15) is 22.8 Å². The molecular weight excluding hydrogens is 475 g/mol. The molecule has 1 aliphatic rings. The minimum Gasteiger partial charge on any atom is -0.406 e. The van der Waals surface area contributed by atoms with Crippen LogP contribution >= 0.6 is 11.3 Å². The number of hydrogen-bond donors (Lipinski definition) is 1. The van der Waals surface area contributed by atoms with Crippen molar-refractivity contribution in [2.75, 3.05) is 18.0 Å². The van der Waals surface area contributed by atoms with Crippen molar-refractivity contribution < 1.29 is 32.0 Å². The van der Waals surface area contributed by atoms with Crippen LogP contribution in [0.15, 0.2) is 34.9 Å². The summed E-state index contributed by atoms with van der Waals surface area (Å²) in [5.41, 5.74) is 1.75. The lowest BCUT2D eigenvalue weighted by Gasteiger charge is -2.17. The molecule has 34 heavy (non-hydrogen) atoms. The summed E-state index contributed by atoms with van der Waals surface area (Å²) in [7, 11) is 0. The van der Waals surface area contributed by atoms with Crippen molar-refractivity contribution in [2.24, 2.45) is 0 Å². The Labute approximate surface area is 196 Å². The predicted molar refractivity (Wildman–Crippen MR) is 116 cm³/mol. The number of nitrogens with one attached hydrogen (secondary N) is 1. The van der Waals surface area contributed by atoms with Crippen molar-refractivity contribution in [3.63, 3.8) is 0 Å². The van der Waals surface area contributed by atoms with Crippen molar-refractivity contribution in [2.45, 2.75) is 33.3 Å². The van der Waals surface area contributed by atoms with Gasteiger partial charge in [0.2, 0.25) is 0 Å². The lowest BCUT2D eigenvalue weighted by molar-refractivity contribution is -0.274. The second kappa shape index (κ2) is 9.33. The number of carbonyl (C=O) groups excluding carboxylic acids is 2. The fraction of sp³-hybridized carbons (Fsp3) is 0.333. The number of halogens is 3. The number of aromatic nitrogens is 2. The summed E-state index contributed by atoms with van der Waals surface area (Å²) in [6.07, 6.45) is -4.76. The molecule has 13 heteroatoms. The van der Waals surface area contributed by atoms with Gasteiger partial charge in [0.15, 0.2) is 5.13 Å². The molecule has 3 heterocycles. The van der Waals surface area contributed by atoms with Gasteiger partial charge in [0.05, 0.1) is 12.2 Å². The molecule has 0 bridgehead atoms. The summed E-state index contributed by atoms with van der Waals surface area (Å²) in [6.45, 7) is 4.65. The van der Waals surface area contributed by atoms with Crippen LogP contribution in [0.25, 0.3) is 0 Å². The predicted octanol–water partition coefficient (Wildman–Crippen LogP) is 4.02. The molecule has 180 valence electrons. The highest BCUT2D eigenvalue weighted by molar-refractivity contribution is 7.17. The molecule has 2 aromatic heterocycles. The molecule has 3 amide bonds. The van der Waals surface area contributed by atoms with E-state index in [1.165, 1.54) is 29.2 Å². The Morgan fingerprint density at radius 1 is 1.24 bits per heavy atom. The highest BCUT2D eigenvalue weighted by Crippen LogP contribution is 2.30. The quantitative estimate of drug-likeness (QED) is 0.532. The average molecular weight is 495 g/mol. The number of aryl methyl sites for hydroxylation is 2. The molecular formula is C21H20F3N5O4S. The topological polar surface area (TPSA) is 101 Å². The zero-order valence-corrected chi connectivity index (χ0v) is 19.0. The maximum Gasteiger partial charge on any atom is 0.573 e. The van der Waals surface area contributed by atoms with Crippen LogP contribution in [-0.4, -0.2) is 46.4 Å². The van der Waals surface area contributed by atoms with Crippen molar-refractivity contribution in [3.8, 4) is 5.75 Å². The van der Waals surface area contributed by atoms with E-state index in [0.717, 1.165) is 11.3 Å². The lowest BCUT2D eigenvalue weighted by Crippen LogP contribution is -2.31. The second-order valence-electron chi connectivity index (χ2n) is 7.57. The summed E-state index contributed by atoms with van der Waals surface area (Å²) in [5, 5.41) is 6.99. The van der Waals surface area contributed by atoms with Crippen LogP contribution in [0.2, 0.25) is 0 Å². The standard InChI is InChI=1S/C21H20F3N5O4S/c1-12-9-15(27-33-12)10-25-18(30)17-13(2)26-19(34-17)29-8-7-28(20(29)31)11-14-3-5-16(6-4-14)32-21(22,23)24/h3-6,9H,7-8,10-11H2,1-2H3,(H,25,30). The third-order valence-electron chi connectivity index (χ3n) is 4.95. The van der Waals surface area contributed by atoms with E-state index in [1.807, 2.05) is 0 Å². The number of carbonyl (C=O) groups is 2. The summed E-state index contributed by atoms with van der Waals surface area (Å²) < 4.78 is 45.8. The number of amides is 3. The molecule has 0 saturated carbocycles. The Balaban J connectivity index is 1.37. The molecule has 0 spiro atoms. The minimum absolute atomic E-state index is 0.200. The summed E-state index contributed by atoms with van der Waals surface area (Å²) in [4.78, 5) is 33.3. The number of hydrogen-bond acceptors (Lipinski definition) is 7. The zero-order valence-electron chi connectivity index (χ0n) is 18.2. The van der Waals surface area contributed by atoms with Crippen LogP contribution in [0.5, 0.6) is 5.75 Å². The smallest absolute Gasteiger partial charge is 0.406 e. The van der Waals surface area contributed by atoms with Gasteiger partial charge in [0.1, 0.15) is 22.1 Å². The largest absolute Gasteiger partial charge is 0.573 e. The van der Waals surface area contributed by atoms with Crippen molar-refractivity contribution in [1.82, 2.24) is 20.4 Å². The molecule has 1 aliphatic heterocycles. The molecule has 1 N–H and O–H groups in total. The van der Waals surface area contributed by atoms with E-state index in [4.69, 9.17) is 4.52 Å². The van der Waals surface area contributed by atoms with E-state index >= 15 is 0 Å². The molecule has 1 fully saturated rings. The molecule has 0 unspecified atom stereocenters. The van der Waals surface area contributed by atoms with Gasteiger partial charge in [-0.25, -0.2) is 9.78 Å². The number of thiazole rings is 1. The molecule has 0 atom stereocenters. The van der Waals surface area contributed by atoms with Crippen molar-refractivity contribution in [1.29, 1.82) is 0 Å². The number of rotatable bonds is 7. The highest BCUT2D eigenvalue weighted by atomic mass is 32.1. The van der Waals surface area contributed by atoms with Crippen molar-refractivity contribution >= 4 is 28.4 Å².